The van der Waals surface area contributed by atoms with Crippen LogP contribution in [0.5, 0.6) is 0 Å². The van der Waals surface area contributed by atoms with Gasteiger partial charge >= 0.3 is 6.18 Å². The minimum atomic E-state index is -4.73. The number of alkyl halides is 3. The maximum atomic E-state index is 13.2. The number of primary sulfonamides is 1. The summed E-state index contributed by atoms with van der Waals surface area (Å²) in [7, 11) is -2.79. The average molecular weight is 346 g/mol. The molecule has 0 unspecified atom stereocenters. The van der Waals surface area contributed by atoms with Crippen LogP contribution in [-0.2, 0) is 22.7 Å². The third kappa shape index (κ3) is 4.17. The summed E-state index contributed by atoms with van der Waals surface area (Å²) in [6.45, 7) is 0.0750. The summed E-state index contributed by atoms with van der Waals surface area (Å²) in [5, 5.41) is 4.89. The highest BCUT2D eigenvalue weighted by Gasteiger charge is 2.35. The SMILES string of the molecule is CN(Cc1cnccn1)c1ccc(S(N)(=O)=O)cc1C(F)(F)F. The van der Waals surface area contributed by atoms with E-state index in [1.165, 1.54) is 30.5 Å². The average Bonchev–Trinajstić information content (AvgIpc) is 2.46. The first-order valence-corrected chi connectivity index (χ1v) is 7.84. The van der Waals surface area contributed by atoms with Gasteiger partial charge in [-0.2, -0.15) is 13.2 Å². The smallest absolute Gasteiger partial charge is 0.368 e. The maximum absolute atomic E-state index is 13.2. The fourth-order valence-electron chi connectivity index (χ4n) is 1.99. The fourth-order valence-corrected chi connectivity index (χ4v) is 2.53. The van der Waals surface area contributed by atoms with Gasteiger partial charge in [-0.3, -0.25) is 9.97 Å². The van der Waals surface area contributed by atoms with Crippen molar-refractivity contribution in [1.29, 1.82) is 0 Å². The largest absolute Gasteiger partial charge is 0.418 e. The van der Waals surface area contributed by atoms with Gasteiger partial charge in [-0.25, -0.2) is 13.6 Å². The molecule has 0 spiro atoms. The first kappa shape index (κ1) is 17.2. The van der Waals surface area contributed by atoms with E-state index in [9.17, 15) is 21.6 Å². The first-order chi connectivity index (χ1) is 10.6. The number of nitrogens with two attached hydrogens (primary N) is 1. The predicted molar refractivity (Wildman–Crippen MR) is 77.0 cm³/mol. The Bertz CT molecular complexity index is 795. The molecular formula is C13H13F3N4O2S. The Kier molecular flexibility index (Phi) is 4.57. The Labute approximate surface area is 130 Å². The summed E-state index contributed by atoms with van der Waals surface area (Å²) in [4.78, 5) is 8.54. The minimum absolute atomic E-state index is 0.0750. The molecule has 0 amide bonds. The van der Waals surface area contributed by atoms with E-state index >= 15 is 0 Å². The van der Waals surface area contributed by atoms with E-state index < -0.39 is 26.7 Å². The number of benzene rings is 1. The van der Waals surface area contributed by atoms with Crippen LogP contribution >= 0.6 is 0 Å². The third-order valence-electron chi connectivity index (χ3n) is 3.03. The van der Waals surface area contributed by atoms with E-state index in [4.69, 9.17) is 5.14 Å². The van der Waals surface area contributed by atoms with E-state index in [2.05, 4.69) is 9.97 Å². The topological polar surface area (TPSA) is 89.2 Å². The van der Waals surface area contributed by atoms with Crippen LogP contribution in [0.25, 0.3) is 0 Å². The molecule has 0 fully saturated rings. The molecule has 0 radical (unpaired) electrons. The van der Waals surface area contributed by atoms with Crippen molar-refractivity contribution < 1.29 is 21.6 Å². The highest BCUT2D eigenvalue weighted by Crippen LogP contribution is 2.37. The van der Waals surface area contributed by atoms with E-state index in [-0.39, 0.29) is 12.2 Å². The van der Waals surface area contributed by atoms with Gasteiger partial charge in [-0.1, -0.05) is 0 Å². The van der Waals surface area contributed by atoms with E-state index in [1.807, 2.05) is 0 Å². The van der Waals surface area contributed by atoms with Crippen LogP contribution in [0, 0.1) is 0 Å². The number of nitrogens with zero attached hydrogens (tertiary/aromatic N) is 3. The van der Waals surface area contributed by atoms with Gasteiger partial charge in [-0.05, 0) is 18.2 Å². The Morgan fingerprint density at radius 1 is 1.26 bits per heavy atom. The number of anilines is 1. The van der Waals surface area contributed by atoms with Crippen molar-refractivity contribution in [3.05, 3.63) is 48.0 Å². The number of sulfonamides is 1. The van der Waals surface area contributed by atoms with Crippen LogP contribution in [0.1, 0.15) is 11.3 Å². The number of halogens is 3. The molecule has 2 aromatic rings. The second kappa shape index (κ2) is 6.13. The molecule has 0 aliphatic heterocycles. The van der Waals surface area contributed by atoms with Gasteiger partial charge < -0.3 is 4.90 Å². The van der Waals surface area contributed by atoms with Gasteiger partial charge in [0.2, 0.25) is 10.0 Å². The molecule has 2 N–H and O–H groups in total. The Morgan fingerprint density at radius 3 is 2.48 bits per heavy atom. The molecule has 10 heteroatoms. The quantitative estimate of drug-likeness (QED) is 0.911. The molecule has 1 aromatic carbocycles. The summed E-state index contributed by atoms with van der Waals surface area (Å²) in [5.74, 6) is 0. The van der Waals surface area contributed by atoms with Crippen molar-refractivity contribution in [1.82, 2.24) is 9.97 Å². The lowest BCUT2D eigenvalue weighted by atomic mass is 10.1. The van der Waals surface area contributed by atoms with Crippen molar-refractivity contribution in [3.8, 4) is 0 Å². The number of hydrogen-bond donors (Lipinski definition) is 1. The van der Waals surface area contributed by atoms with Crippen LogP contribution in [-0.4, -0.2) is 25.4 Å². The Hall–Kier alpha value is -2.20. The summed E-state index contributed by atoms with van der Waals surface area (Å²) in [6.07, 6.45) is -0.418. The lowest BCUT2D eigenvalue weighted by Crippen LogP contribution is -2.22. The molecule has 6 nitrogen and oxygen atoms in total. The monoisotopic (exact) mass is 346 g/mol. The predicted octanol–water partition coefficient (Wildman–Crippen LogP) is 1.78. The van der Waals surface area contributed by atoms with Crippen molar-refractivity contribution in [3.63, 3.8) is 0 Å². The van der Waals surface area contributed by atoms with Gasteiger partial charge in [0.05, 0.1) is 28.9 Å². The normalized spacial score (nSPS) is 12.2. The van der Waals surface area contributed by atoms with E-state index in [0.29, 0.717) is 11.8 Å². The van der Waals surface area contributed by atoms with Crippen molar-refractivity contribution in [2.45, 2.75) is 17.6 Å². The molecule has 23 heavy (non-hydrogen) atoms. The lowest BCUT2D eigenvalue weighted by molar-refractivity contribution is -0.137. The molecule has 0 atom stereocenters. The highest BCUT2D eigenvalue weighted by molar-refractivity contribution is 7.89. The summed E-state index contributed by atoms with van der Waals surface area (Å²) < 4.78 is 62.2. The van der Waals surface area contributed by atoms with Crippen LogP contribution in [0.4, 0.5) is 18.9 Å². The fraction of sp³-hybridized carbons (Fsp3) is 0.231. The standard InChI is InChI=1S/C13H13F3N4O2S/c1-20(8-9-7-18-4-5-19-9)12-3-2-10(23(17,21)22)6-11(12)13(14,15)16/h2-7H,8H2,1H3,(H2,17,21,22). The zero-order chi connectivity index (χ0) is 17.3. The first-order valence-electron chi connectivity index (χ1n) is 6.29. The van der Waals surface area contributed by atoms with Crippen molar-refractivity contribution in [2.75, 3.05) is 11.9 Å². The zero-order valence-corrected chi connectivity index (χ0v) is 12.8. The number of hydrogen-bond acceptors (Lipinski definition) is 5. The van der Waals surface area contributed by atoms with Crippen LogP contribution in [0.2, 0.25) is 0 Å². The van der Waals surface area contributed by atoms with Crippen molar-refractivity contribution >= 4 is 15.7 Å². The van der Waals surface area contributed by atoms with E-state index in [0.717, 1.165) is 12.1 Å². The number of aromatic nitrogens is 2. The molecule has 1 heterocycles. The molecular weight excluding hydrogens is 333 g/mol. The van der Waals surface area contributed by atoms with Crippen LogP contribution < -0.4 is 10.0 Å². The van der Waals surface area contributed by atoms with Gasteiger partial charge in [0, 0.05) is 25.1 Å². The Balaban J connectivity index is 2.45. The van der Waals surface area contributed by atoms with E-state index in [1.54, 1.807) is 0 Å². The van der Waals surface area contributed by atoms with Gasteiger partial charge in [0.15, 0.2) is 0 Å². The molecule has 1 aromatic heterocycles. The molecule has 0 aliphatic carbocycles. The second-order valence-corrected chi connectivity index (χ2v) is 6.34. The molecule has 0 aliphatic rings. The van der Waals surface area contributed by atoms with Gasteiger partial charge in [0.25, 0.3) is 0 Å². The molecule has 0 saturated heterocycles. The second-order valence-electron chi connectivity index (χ2n) is 4.77. The van der Waals surface area contributed by atoms with Crippen LogP contribution in [0.3, 0.4) is 0 Å². The summed E-state index contributed by atoms with van der Waals surface area (Å²) in [6, 6.07) is 2.63. The summed E-state index contributed by atoms with van der Waals surface area (Å²) >= 11 is 0. The molecule has 2 rings (SSSR count). The number of rotatable bonds is 4. The minimum Gasteiger partial charge on any atom is -0.368 e. The molecule has 0 saturated carbocycles. The maximum Gasteiger partial charge on any atom is 0.418 e. The van der Waals surface area contributed by atoms with Gasteiger partial charge in [0.1, 0.15) is 0 Å². The zero-order valence-electron chi connectivity index (χ0n) is 11.9. The molecule has 124 valence electrons. The van der Waals surface area contributed by atoms with Gasteiger partial charge in [-0.15, -0.1) is 0 Å². The Morgan fingerprint density at radius 2 is 1.96 bits per heavy atom. The summed E-state index contributed by atoms with van der Waals surface area (Å²) in [5.41, 5.74) is -0.801. The highest BCUT2D eigenvalue weighted by atomic mass is 32.2. The third-order valence-corrected chi connectivity index (χ3v) is 3.94. The molecule has 0 bridgehead atoms. The van der Waals surface area contributed by atoms with Crippen molar-refractivity contribution in [2.24, 2.45) is 5.14 Å². The lowest BCUT2D eigenvalue weighted by Gasteiger charge is -2.23. The van der Waals surface area contributed by atoms with Crippen LogP contribution in [0.15, 0.2) is 41.7 Å².